The minimum Gasteiger partial charge on any atom is -0.475 e. The molecule has 4 rings (SSSR count). The zero-order chi connectivity index (χ0) is 23.6. The molecule has 12 heteroatoms. The minimum atomic E-state index is -5.08. The smallest absolute Gasteiger partial charge is 0.475 e. The molecule has 1 aromatic rings. The molecule has 0 aromatic carbocycles. The predicted molar refractivity (Wildman–Crippen MR) is 101 cm³/mol. The number of aromatic nitrogens is 1. The van der Waals surface area contributed by atoms with Crippen molar-refractivity contribution in [3.05, 3.63) is 30.1 Å². The van der Waals surface area contributed by atoms with Crippen molar-refractivity contribution in [3.63, 3.8) is 0 Å². The summed E-state index contributed by atoms with van der Waals surface area (Å²) in [6.45, 7) is 2.29. The second-order valence-electron chi connectivity index (χ2n) is 8.34. The van der Waals surface area contributed by atoms with Crippen LogP contribution in [0.1, 0.15) is 24.8 Å². The van der Waals surface area contributed by atoms with Gasteiger partial charge in [-0.15, -0.1) is 0 Å². The van der Waals surface area contributed by atoms with Crippen LogP contribution in [0, 0.1) is 11.3 Å². The number of amides is 2. The summed E-state index contributed by atoms with van der Waals surface area (Å²) in [4.78, 5) is 39.3. The fraction of sp³-hybridized carbons (Fsp3) is 0.600. The molecular weight excluding hydrogens is 438 g/mol. The van der Waals surface area contributed by atoms with E-state index in [9.17, 15) is 27.2 Å². The van der Waals surface area contributed by atoms with Gasteiger partial charge in [-0.05, 0) is 24.5 Å². The molecular formula is C20H23F4N3O5. The van der Waals surface area contributed by atoms with E-state index < -0.39 is 23.7 Å². The average Bonchev–Trinajstić information content (AvgIpc) is 3.22. The Morgan fingerprint density at radius 2 is 2.00 bits per heavy atom. The second-order valence-corrected chi connectivity index (χ2v) is 8.34. The van der Waals surface area contributed by atoms with Crippen LogP contribution >= 0.6 is 0 Å². The topological polar surface area (TPSA) is 109 Å². The summed E-state index contributed by atoms with van der Waals surface area (Å²) in [5.41, 5.74) is -1.10. The number of nitrogens with one attached hydrogen (secondary N) is 1. The summed E-state index contributed by atoms with van der Waals surface area (Å²) >= 11 is 0. The fourth-order valence-corrected chi connectivity index (χ4v) is 3.93. The Kier molecular flexibility index (Phi) is 6.72. The molecule has 2 N–H and O–H groups in total. The number of hydrogen-bond acceptors (Lipinski definition) is 5. The van der Waals surface area contributed by atoms with Gasteiger partial charge in [0.15, 0.2) is 5.67 Å². The number of alkyl halides is 4. The van der Waals surface area contributed by atoms with Gasteiger partial charge in [0.25, 0.3) is 5.91 Å². The van der Waals surface area contributed by atoms with E-state index >= 15 is 0 Å². The van der Waals surface area contributed by atoms with Gasteiger partial charge in [-0.2, -0.15) is 13.2 Å². The van der Waals surface area contributed by atoms with Gasteiger partial charge in [0.2, 0.25) is 5.91 Å². The number of carbonyl (C=O) groups is 3. The largest absolute Gasteiger partial charge is 0.490 e. The number of fused-ring (bicyclic) bond motifs is 1. The third-order valence-corrected chi connectivity index (χ3v) is 5.85. The molecule has 0 unspecified atom stereocenters. The normalized spacial score (nSPS) is 25.4. The van der Waals surface area contributed by atoms with E-state index in [1.54, 1.807) is 17.3 Å². The van der Waals surface area contributed by atoms with E-state index in [0.29, 0.717) is 52.1 Å². The SMILES string of the molecule is O=C(C[C@]12COC[C@H]1CN(C(=O)C1(F)CC1)C2)NCc1cccnc1.O=C(O)C(F)(F)F. The predicted octanol–water partition coefficient (Wildman–Crippen LogP) is 1.70. The maximum absolute atomic E-state index is 14.1. The molecule has 8 nitrogen and oxygen atoms in total. The van der Waals surface area contributed by atoms with Crippen molar-refractivity contribution in [1.29, 1.82) is 0 Å². The van der Waals surface area contributed by atoms with Crippen LogP contribution in [0.5, 0.6) is 0 Å². The summed E-state index contributed by atoms with van der Waals surface area (Å²) < 4.78 is 51.4. The third-order valence-electron chi connectivity index (χ3n) is 5.85. The van der Waals surface area contributed by atoms with Gasteiger partial charge >= 0.3 is 12.1 Å². The number of rotatable bonds is 5. The van der Waals surface area contributed by atoms with Crippen molar-refractivity contribution in [3.8, 4) is 0 Å². The molecule has 0 bridgehead atoms. The number of ether oxygens (including phenoxy) is 1. The lowest BCUT2D eigenvalue weighted by Crippen LogP contribution is -2.41. The van der Waals surface area contributed by atoms with Crippen molar-refractivity contribution >= 4 is 17.8 Å². The lowest BCUT2D eigenvalue weighted by atomic mass is 9.78. The lowest BCUT2D eigenvalue weighted by molar-refractivity contribution is -0.192. The summed E-state index contributed by atoms with van der Waals surface area (Å²) in [5, 5.41) is 10.0. The van der Waals surface area contributed by atoms with Crippen LogP contribution in [0.15, 0.2) is 24.5 Å². The van der Waals surface area contributed by atoms with Crippen LogP contribution in [0.4, 0.5) is 17.6 Å². The number of nitrogens with zero attached hydrogens (tertiary/aromatic N) is 2. The quantitative estimate of drug-likeness (QED) is 0.647. The van der Waals surface area contributed by atoms with E-state index in [2.05, 4.69) is 10.3 Å². The molecule has 32 heavy (non-hydrogen) atoms. The monoisotopic (exact) mass is 461 g/mol. The Labute approximate surface area is 180 Å². The first-order chi connectivity index (χ1) is 15.0. The molecule has 0 radical (unpaired) electrons. The van der Waals surface area contributed by atoms with E-state index in [0.717, 1.165) is 5.56 Å². The second kappa shape index (κ2) is 9.00. The number of carboxylic acid groups (broad SMARTS) is 1. The van der Waals surface area contributed by atoms with Gasteiger partial charge < -0.3 is 20.1 Å². The highest BCUT2D eigenvalue weighted by atomic mass is 19.4. The number of carbonyl (C=O) groups excluding carboxylic acids is 2. The Morgan fingerprint density at radius 3 is 2.56 bits per heavy atom. The van der Waals surface area contributed by atoms with Crippen LogP contribution in [0.2, 0.25) is 0 Å². The van der Waals surface area contributed by atoms with E-state index in [1.807, 2.05) is 12.1 Å². The van der Waals surface area contributed by atoms with Gasteiger partial charge in [-0.3, -0.25) is 14.6 Å². The highest BCUT2D eigenvalue weighted by molar-refractivity contribution is 5.88. The minimum absolute atomic E-state index is 0.0740. The molecule has 3 aliphatic rings. The standard InChI is InChI=1S/C18H22FN3O3.C2HF3O2/c19-18(3-4-18)16(24)22-9-14-10-25-12-17(14,11-22)6-15(23)21-8-13-2-1-5-20-7-13;3-2(4,5)1(6)7/h1-2,5,7,14H,3-4,6,8-12H2,(H,21,23);(H,6,7)/t14-,17+;/m1./s1. The van der Waals surface area contributed by atoms with Crippen molar-refractivity contribution in [2.24, 2.45) is 11.3 Å². The molecule has 1 saturated carbocycles. The molecule has 3 heterocycles. The molecule has 0 spiro atoms. The summed E-state index contributed by atoms with van der Waals surface area (Å²) in [6, 6.07) is 3.73. The highest BCUT2D eigenvalue weighted by Gasteiger charge is 2.58. The fourth-order valence-electron chi connectivity index (χ4n) is 3.93. The maximum atomic E-state index is 14.1. The first kappa shape index (κ1) is 23.9. The number of likely N-dealkylation sites (tertiary alicyclic amines) is 1. The van der Waals surface area contributed by atoms with E-state index in [4.69, 9.17) is 14.6 Å². The van der Waals surface area contributed by atoms with Crippen molar-refractivity contribution in [2.75, 3.05) is 26.3 Å². The third kappa shape index (κ3) is 5.53. The van der Waals surface area contributed by atoms with Crippen molar-refractivity contribution < 1.29 is 41.8 Å². The molecule has 1 aliphatic carbocycles. The Bertz CT molecular complexity index is 863. The molecule has 2 atom stereocenters. The molecule has 2 amide bonds. The number of aliphatic carboxylic acids is 1. The first-order valence-electron chi connectivity index (χ1n) is 9.97. The Balaban J connectivity index is 0.000000360. The zero-order valence-electron chi connectivity index (χ0n) is 17.0. The number of halogens is 4. The summed E-state index contributed by atoms with van der Waals surface area (Å²) in [5.74, 6) is -3.14. The number of carboxylic acids is 1. The molecule has 1 aromatic heterocycles. The van der Waals surface area contributed by atoms with Crippen molar-refractivity contribution in [2.45, 2.75) is 37.7 Å². The summed E-state index contributed by atoms with van der Waals surface area (Å²) in [6.07, 6.45) is -0.746. The zero-order valence-corrected chi connectivity index (χ0v) is 17.0. The lowest BCUT2D eigenvalue weighted by Gasteiger charge is -2.27. The van der Waals surface area contributed by atoms with Gasteiger partial charge in [0.1, 0.15) is 0 Å². The van der Waals surface area contributed by atoms with Crippen LogP contribution < -0.4 is 5.32 Å². The molecule has 2 aliphatic heterocycles. The number of pyridine rings is 1. The van der Waals surface area contributed by atoms with Crippen LogP contribution in [-0.4, -0.2) is 70.9 Å². The molecule has 2 saturated heterocycles. The van der Waals surface area contributed by atoms with Crippen LogP contribution in [0.25, 0.3) is 0 Å². The van der Waals surface area contributed by atoms with Crippen LogP contribution in [0.3, 0.4) is 0 Å². The Hall–Kier alpha value is -2.76. The van der Waals surface area contributed by atoms with E-state index in [1.165, 1.54) is 0 Å². The summed E-state index contributed by atoms with van der Waals surface area (Å²) in [7, 11) is 0. The van der Waals surface area contributed by atoms with Gasteiger partial charge in [0.05, 0.1) is 13.2 Å². The highest BCUT2D eigenvalue weighted by Crippen LogP contribution is 2.48. The molecule has 3 fully saturated rings. The van der Waals surface area contributed by atoms with Gasteiger partial charge in [-0.1, -0.05) is 6.07 Å². The van der Waals surface area contributed by atoms with Crippen molar-refractivity contribution in [1.82, 2.24) is 15.2 Å². The van der Waals surface area contributed by atoms with Gasteiger partial charge in [-0.25, -0.2) is 9.18 Å². The molecule has 176 valence electrons. The van der Waals surface area contributed by atoms with E-state index in [-0.39, 0.29) is 17.2 Å². The first-order valence-corrected chi connectivity index (χ1v) is 9.97. The number of hydrogen-bond donors (Lipinski definition) is 2. The van der Waals surface area contributed by atoms with Gasteiger partial charge in [0, 0.05) is 49.8 Å². The Morgan fingerprint density at radius 1 is 1.31 bits per heavy atom. The average molecular weight is 461 g/mol. The van der Waals surface area contributed by atoms with Crippen LogP contribution in [-0.2, 0) is 25.7 Å². The maximum Gasteiger partial charge on any atom is 0.490 e.